The first-order valence-electron chi connectivity index (χ1n) is 1.55. The van der Waals surface area contributed by atoms with Crippen LogP contribution in [0.3, 0.4) is 0 Å². The molecule has 0 radical (unpaired) electrons. The van der Waals surface area contributed by atoms with Crippen molar-refractivity contribution in [2.24, 2.45) is 0 Å². The molecule has 1 atom stereocenters. The average Bonchev–Trinajstić information content (AvgIpc) is 1.35. The Morgan fingerprint density at radius 3 is 2.17 bits per heavy atom. The maximum atomic E-state index is 9.56. The van der Waals surface area contributed by atoms with E-state index in [1.165, 1.54) is 5.06 Å². The molecule has 1 unspecified atom stereocenters. The van der Waals surface area contributed by atoms with Crippen molar-refractivity contribution in [3.8, 4) is 0 Å². The highest BCUT2D eigenvalue weighted by atomic mass is 31.1. The van der Waals surface area contributed by atoms with E-state index in [-0.39, 0.29) is 0 Å². The molecule has 0 bridgehead atoms. The maximum absolute atomic E-state index is 9.56. The van der Waals surface area contributed by atoms with Crippen molar-refractivity contribution >= 4 is 8.69 Å². The summed E-state index contributed by atoms with van der Waals surface area (Å²) in [6.45, 7) is 0. The fraction of sp³-hybridized carbons (Fsp3) is 1.00. The number of rotatable bonds is 2. The molecule has 0 spiro atoms. The van der Waals surface area contributed by atoms with Crippen LogP contribution in [0, 0.1) is 0 Å². The molecular weight excluding hydrogens is 101 g/mol. The highest BCUT2D eigenvalue weighted by Crippen LogP contribution is 1.93. The van der Waals surface area contributed by atoms with Crippen LogP contribution in [0.15, 0.2) is 0 Å². The van der Waals surface area contributed by atoms with Gasteiger partial charge in [0.1, 0.15) is 0 Å². The first-order chi connectivity index (χ1) is 2.77. The SMILES string of the molecule is CN(C)O[PH2]=O. The summed E-state index contributed by atoms with van der Waals surface area (Å²) < 4.78 is 14.0. The third-order valence-electron chi connectivity index (χ3n) is 0.254. The van der Waals surface area contributed by atoms with Crippen molar-refractivity contribution in [1.29, 1.82) is 0 Å². The Labute approximate surface area is 38.1 Å². The molecule has 0 aromatic carbocycles. The van der Waals surface area contributed by atoms with E-state index in [4.69, 9.17) is 0 Å². The summed E-state index contributed by atoms with van der Waals surface area (Å²) in [5, 5.41) is 1.41. The molecule has 38 valence electrons. The van der Waals surface area contributed by atoms with Crippen LogP contribution >= 0.6 is 8.69 Å². The van der Waals surface area contributed by atoms with Crippen molar-refractivity contribution in [3.63, 3.8) is 0 Å². The van der Waals surface area contributed by atoms with Gasteiger partial charge in [-0.1, -0.05) is 0 Å². The maximum Gasteiger partial charge on any atom is 0.199 e. The second-order valence-corrected chi connectivity index (χ2v) is 1.42. The molecule has 0 amide bonds. The Bertz CT molecular complexity index is 46.8. The van der Waals surface area contributed by atoms with E-state index in [0.29, 0.717) is 0 Å². The molecule has 0 saturated carbocycles. The van der Waals surface area contributed by atoms with Crippen molar-refractivity contribution in [3.05, 3.63) is 0 Å². The Balaban J connectivity index is 2.81. The molecule has 0 aliphatic carbocycles. The fourth-order valence-corrected chi connectivity index (χ4v) is 0.258. The fourth-order valence-electron chi connectivity index (χ4n) is 0.0861. The van der Waals surface area contributed by atoms with E-state index in [0.717, 1.165) is 0 Å². The molecule has 0 heterocycles. The monoisotopic (exact) mass is 109 g/mol. The van der Waals surface area contributed by atoms with E-state index in [9.17, 15) is 4.57 Å². The first-order valence-corrected chi connectivity index (χ1v) is 2.49. The Kier molecular flexibility index (Phi) is 3.43. The zero-order valence-corrected chi connectivity index (χ0v) is 5.00. The average molecular weight is 109 g/mol. The van der Waals surface area contributed by atoms with Crippen LogP contribution in [0.25, 0.3) is 0 Å². The minimum Gasteiger partial charge on any atom is -0.298 e. The van der Waals surface area contributed by atoms with Crippen molar-refractivity contribution < 1.29 is 9.19 Å². The van der Waals surface area contributed by atoms with Crippen molar-refractivity contribution in [1.82, 2.24) is 5.06 Å². The summed E-state index contributed by atoms with van der Waals surface area (Å²) in [7, 11) is 2.30. The molecular formula is C2H8NO2P. The minimum atomic E-state index is -1.07. The van der Waals surface area contributed by atoms with E-state index in [2.05, 4.69) is 4.62 Å². The Morgan fingerprint density at radius 2 is 2.17 bits per heavy atom. The molecule has 0 aromatic rings. The lowest BCUT2D eigenvalue weighted by Gasteiger charge is -2.00. The molecule has 0 N–H and O–H groups in total. The van der Waals surface area contributed by atoms with Gasteiger partial charge in [0.2, 0.25) is 0 Å². The van der Waals surface area contributed by atoms with Crippen LogP contribution in [-0.2, 0) is 9.19 Å². The van der Waals surface area contributed by atoms with Gasteiger partial charge in [0.25, 0.3) is 0 Å². The summed E-state index contributed by atoms with van der Waals surface area (Å²) in [5.74, 6) is 0. The van der Waals surface area contributed by atoms with Crippen LogP contribution in [0.2, 0.25) is 0 Å². The number of hydrogen-bond donors (Lipinski definition) is 0. The van der Waals surface area contributed by atoms with Crippen LogP contribution < -0.4 is 0 Å². The quantitative estimate of drug-likeness (QED) is 0.373. The van der Waals surface area contributed by atoms with Crippen LogP contribution in [0.1, 0.15) is 0 Å². The normalized spacial score (nSPS) is 11.8. The summed E-state index contributed by atoms with van der Waals surface area (Å²) in [5.41, 5.74) is 0. The van der Waals surface area contributed by atoms with Gasteiger partial charge in [-0.15, -0.1) is 0 Å². The van der Waals surface area contributed by atoms with Gasteiger partial charge in [0, 0.05) is 14.1 Å². The lowest BCUT2D eigenvalue weighted by molar-refractivity contribution is 0.0127. The van der Waals surface area contributed by atoms with Gasteiger partial charge in [-0.25, -0.2) is 4.62 Å². The van der Waals surface area contributed by atoms with Gasteiger partial charge < -0.3 is 0 Å². The van der Waals surface area contributed by atoms with Gasteiger partial charge in [0.15, 0.2) is 8.69 Å². The van der Waals surface area contributed by atoms with Crippen molar-refractivity contribution in [2.75, 3.05) is 14.1 Å². The lowest BCUT2D eigenvalue weighted by Crippen LogP contribution is -2.04. The van der Waals surface area contributed by atoms with Gasteiger partial charge in [-0.2, -0.15) is 5.06 Å². The van der Waals surface area contributed by atoms with E-state index in [1.807, 2.05) is 0 Å². The van der Waals surface area contributed by atoms with Crippen LogP contribution in [0.4, 0.5) is 0 Å². The molecule has 3 nitrogen and oxygen atoms in total. The molecule has 0 aromatic heterocycles. The van der Waals surface area contributed by atoms with Gasteiger partial charge in [0.05, 0.1) is 0 Å². The van der Waals surface area contributed by atoms with Crippen LogP contribution in [0.5, 0.6) is 0 Å². The standard InChI is InChI=1S/C2H8NO2P/c1-3(2)5-6-4/h6H2,1-2H3. The summed E-state index contributed by atoms with van der Waals surface area (Å²) in [4.78, 5) is 0. The molecule has 4 heteroatoms. The van der Waals surface area contributed by atoms with Gasteiger partial charge in [-0.3, -0.25) is 4.57 Å². The smallest absolute Gasteiger partial charge is 0.199 e. The topological polar surface area (TPSA) is 29.5 Å². The highest BCUT2D eigenvalue weighted by molar-refractivity contribution is 7.17. The highest BCUT2D eigenvalue weighted by Gasteiger charge is 1.76. The number of nitrogens with zero attached hydrogens (tertiary/aromatic N) is 1. The molecule has 0 fully saturated rings. The summed E-state index contributed by atoms with van der Waals surface area (Å²) in [6.07, 6.45) is 0. The first kappa shape index (κ1) is 6.15. The summed E-state index contributed by atoms with van der Waals surface area (Å²) in [6, 6.07) is 0. The van der Waals surface area contributed by atoms with Gasteiger partial charge in [-0.05, 0) is 0 Å². The number of hydroxylamine groups is 2. The molecule has 0 rings (SSSR count). The van der Waals surface area contributed by atoms with E-state index in [1.54, 1.807) is 14.1 Å². The zero-order valence-electron chi connectivity index (χ0n) is 3.84. The Morgan fingerprint density at radius 1 is 1.67 bits per heavy atom. The van der Waals surface area contributed by atoms with Crippen molar-refractivity contribution in [2.45, 2.75) is 0 Å². The lowest BCUT2D eigenvalue weighted by atomic mass is 11.2. The zero-order chi connectivity index (χ0) is 4.99. The predicted octanol–water partition coefficient (Wildman–Crippen LogP) is 0.151. The summed E-state index contributed by atoms with van der Waals surface area (Å²) >= 11 is 0. The third-order valence-corrected chi connectivity index (χ3v) is 0.762. The Hall–Kier alpha value is 0.150. The minimum absolute atomic E-state index is 1.07. The molecule has 0 saturated heterocycles. The van der Waals surface area contributed by atoms with E-state index < -0.39 is 8.69 Å². The molecule has 0 aliphatic rings. The second-order valence-electron chi connectivity index (χ2n) is 1.01. The number of hydrogen-bond acceptors (Lipinski definition) is 3. The molecule has 6 heavy (non-hydrogen) atoms. The second kappa shape index (κ2) is 3.34. The predicted molar refractivity (Wildman–Crippen MR) is 25.2 cm³/mol. The third kappa shape index (κ3) is 4.15. The molecule has 0 aliphatic heterocycles. The van der Waals surface area contributed by atoms with E-state index >= 15 is 0 Å². The van der Waals surface area contributed by atoms with Crippen LogP contribution in [-0.4, -0.2) is 19.2 Å². The van der Waals surface area contributed by atoms with Gasteiger partial charge >= 0.3 is 0 Å². The largest absolute Gasteiger partial charge is 0.298 e.